The summed E-state index contributed by atoms with van der Waals surface area (Å²) in [5.41, 5.74) is 6.20. The topological polar surface area (TPSA) is 17.0 Å². The van der Waals surface area contributed by atoms with Gasteiger partial charge in [0.1, 0.15) is 0 Å². The third kappa shape index (κ3) is 1.69. The summed E-state index contributed by atoms with van der Waals surface area (Å²) in [6.45, 7) is 14.8. The molecule has 2 nitrogen and oxygen atoms in total. The van der Waals surface area contributed by atoms with Gasteiger partial charge in [-0.15, -0.1) is 0 Å². The highest BCUT2D eigenvalue weighted by atomic mass is 15.1. The number of hydrogen-bond acceptors (Lipinski definition) is 1. The Morgan fingerprint density at radius 1 is 1.12 bits per heavy atom. The second-order valence-electron chi connectivity index (χ2n) is 5.51. The molecule has 0 saturated carbocycles. The van der Waals surface area contributed by atoms with Crippen molar-refractivity contribution in [1.29, 1.82) is 0 Å². The van der Waals surface area contributed by atoms with Crippen LogP contribution in [0.2, 0.25) is 0 Å². The molecular formula is C14H24N2. The first-order chi connectivity index (χ1) is 7.54. The highest BCUT2D eigenvalue weighted by Gasteiger charge is 2.24. The van der Waals surface area contributed by atoms with Crippen LogP contribution in [0.3, 0.4) is 0 Å². The normalized spacial score (nSPS) is 15.9. The first-order valence-electron chi connectivity index (χ1n) is 6.46. The molecule has 0 amide bonds. The monoisotopic (exact) mass is 220 g/mol. The van der Waals surface area contributed by atoms with Gasteiger partial charge < -0.3 is 9.88 Å². The third-order valence-electron chi connectivity index (χ3n) is 3.64. The molecular weight excluding hydrogens is 196 g/mol. The number of fused-ring (bicyclic) bond motifs is 1. The quantitative estimate of drug-likeness (QED) is 0.810. The van der Waals surface area contributed by atoms with Gasteiger partial charge in [-0.05, 0) is 29.9 Å². The summed E-state index contributed by atoms with van der Waals surface area (Å²) >= 11 is 0. The summed E-state index contributed by atoms with van der Waals surface area (Å²) in [7, 11) is 0. The van der Waals surface area contributed by atoms with Crippen molar-refractivity contribution in [3.05, 3.63) is 22.5 Å². The van der Waals surface area contributed by atoms with E-state index in [1.54, 1.807) is 11.3 Å². The van der Waals surface area contributed by atoms with Crippen LogP contribution in [-0.4, -0.2) is 11.1 Å². The lowest BCUT2D eigenvalue weighted by Gasteiger charge is -2.22. The molecule has 0 aromatic carbocycles. The van der Waals surface area contributed by atoms with Gasteiger partial charge in [0.05, 0.1) is 0 Å². The average molecular weight is 220 g/mol. The predicted molar refractivity (Wildman–Crippen MR) is 69.1 cm³/mol. The minimum absolute atomic E-state index is 0.629. The van der Waals surface area contributed by atoms with Crippen molar-refractivity contribution in [3.63, 3.8) is 0 Å². The highest BCUT2D eigenvalue weighted by Crippen LogP contribution is 2.33. The molecule has 1 N–H and O–H groups in total. The van der Waals surface area contributed by atoms with Gasteiger partial charge in [-0.2, -0.15) is 0 Å². The molecule has 1 aliphatic heterocycles. The fourth-order valence-electron chi connectivity index (χ4n) is 3.20. The second-order valence-corrected chi connectivity index (χ2v) is 5.51. The van der Waals surface area contributed by atoms with E-state index in [-0.39, 0.29) is 0 Å². The molecule has 0 spiro atoms. The average Bonchev–Trinajstić information content (AvgIpc) is 2.49. The molecule has 1 aromatic rings. The van der Waals surface area contributed by atoms with Crippen molar-refractivity contribution < 1.29 is 0 Å². The maximum absolute atomic E-state index is 3.49. The Balaban J connectivity index is 2.62. The Kier molecular flexibility index (Phi) is 3.11. The molecule has 0 bridgehead atoms. The van der Waals surface area contributed by atoms with Gasteiger partial charge in [0.15, 0.2) is 0 Å². The van der Waals surface area contributed by atoms with Crippen LogP contribution in [0.15, 0.2) is 0 Å². The number of hydrogen-bond donors (Lipinski definition) is 1. The van der Waals surface area contributed by atoms with Gasteiger partial charge in [-0.1, -0.05) is 27.7 Å². The van der Waals surface area contributed by atoms with E-state index >= 15 is 0 Å². The van der Waals surface area contributed by atoms with Crippen LogP contribution < -0.4 is 5.32 Å². The van der Waals surface area contributed by atoms with Crippen LogP contribution in [0, 0.1) is 6.92 Å². The molecule has 0 aliphatic carbocycles. The lowest BCUT2D eigenvalue weighted by molar-refractivity contribution is 0.491. The summed E-state index contributed by atoms with van der Waals surface area (Å²) in [5, 5.41) is 3.49. The summed E-state index contributed by atoms with van der Waals surface area (Å²) in [6.07, 6.45) is 0. The summed E-state index contributed by atoms with van der Waals surface area (Å²) in [6, 6.07) is 0. The Labute approximate surface area is 99.0 Å². The van der Waals surface area contributed by atoms with E-state index in [1.165, 1.54) is 11.3 Å². The number of rotatable bonds is 2. The van der Waals surface area contributed by atoms with Crippen molar-refractivity contribution in [3.8, 4) is 0 Å². The van der Waals surface area contributed by atoms with Gasteiger partial charge in [-0.3, -0.25) is 0 Å². The molecule has 2 rings (SSSR count). The molecule has 1 aromatic heterocycles. The molecule has 16 heavy (non-hydrogen) atoms. The first kappa shape index (κ1) is 11.7. The fraction of sp³-hybridized carbons (Fsp3) is 0.714. The zero-order valence-electron chi connectivity index (χ0n) is 11.2. The van der Waals surface area contributed by atoms with Crippen LogP contribution >= 0.6 is 0 Å². The van der Waals surface area contributed by atoms with Crippen LogP contribution in [-0.2, 0) is 13.1 Å². The Bertz CT molecular complexity index is 350. The lowest BCUT2D eigenvalue weighted by atomic mass is 9.96. The summed E-state index contributed by atoms with van der Waals surface area (Å²) in [5.74, 6) is 1.26. The van der Waals surface area contributed by atoms with Crippen molar-refractivity contribution in [1.82, 2.24) is 9.88 Å². The van der Waals surface area contributed by atoms with Crippen molar-refractivity contribution in [2.75, 3.05) is 6.54 Å². The zero-order chi connectivity index (χ0) is 11.9. The van der Waals surface area contributed by atoms with E-state index in [4.69, 9.17) is 0 Å². The molecule has 90 valence electrons. The van der Waals surface area contributed by atoms with Gasteiger partial charge in [0.25, 0.3) is 0 Å². The fourth-order valence-corrected chi connectivity index (χ4v) is 3.20. The van der Waals surface area contributed by atoms with Crippen molar-refractivity contribution >= 4 is 0 Å². The lowest BCUT2D eigenvalue weighted by Crippen LogP contribution is -2.29. The predicted octanol–water partition coefficient (Wildman–Crippen LogP) is 3.15. The minimum atomic E-state index is 0.629. The van der Waals surface area contributed by atoms with E-state index < -0.39 is 0 Å². The minimum Gasteiger partial charge on any atom is -0.345 e. The SMILES string of the molecule is Cc1c(C(C)C)c2n(c1C(C)C)CCNC2. The smallest absolute Gasteiger partial charge is 0.0363 e. The largest absolute Gasteiger partial charge is 0.345 e. The van der Waals surface area contributed by atoms with E-state index in [0.29, 0.717) is 11.8 Å². The Morgan fingerprint density at radius 3 is 2.38 bits per heavy atom. The van der Waals surface area contributed by atoms with Crippen molar-refractivity contribution in [2.45, 2.75) is 59.5 Å². The van der Waals surface area contributed by atoms with Crippen LogP contribution in [0.25, 0.3) is 0 Å². The van der Waals surface area contributed by atoms with E-state index in [9.17, 15) is 0 Å². The van der Waals surface area contributed by atoms with Gasteiger partial charge in [0.2, 0.25) is 0 Å². The summed E-state index contributed by atoms with van der Waals surface area (Å²) in [4.78, 5) is 0. The van der Waals surface area contributed by atoms with Crippen LogP contribution in [0.1, 0.15) is 62.0 Å². The Morgan fingerprint density at radius 2 is 1.81 bits per heavy atom. The van der Waals surface area contributed by atoms with E-state index in [2.05, 4.69) is 44.5 Å². The Hall–Kier alpha value is -0.760. The molecule has 0 unspecified atom stereocenters. The molecule has 0 saturated heterocycles. The molecule has 0 radical (unpaired) electrons. The number of aromatic nitrogens is 1. The first-order valence-corrected chi connectivity index (χ1v) is 6.46. The maximum Gasteiger partial charge on any atom is 0.0363 e. The number of nitrogens with zero attached hydrogens (tertiary/aromatic N) is 1. The molecule has 0 atom stereocenters. The number of nitrogens with one attached hydrogen (secondary N) is 1. The van der Waals surface area contributed by atoms with Gasteiger partial charge >= 0.3 is 0 Å². The second kappa shape index (κ2) is 4.25. The molecule has 2 heterocycles. The van der Waals surface area contributed by atoms with E-state index in [1.807, 2.05) is 0 Å². The standard InChI is InChI=1S/C14H24N2/c1-9(2)13-11(5)14(10(3)4)16-7-6-15-8-12(13)16/h9-10,15H,6-8H2,1-5H3. The summed E-state index contributed by atoms with van der Waals surface area (Å²) < 4.78 is 2.56. The van der Waals surface area contributed by atoms with Crippen molar-refractivity contribution in [2.24, 2.45) is 0 Å². The molecule has 2 heteroatoms. The highest BCUT2D eigenvalue weighted by molar-refractivity contribution is 5.42. The van der Waals surface area contributed by atoms with Crippen LogP contribution in [0.5, 0.6) is 0 Å². The van der Waals surface area contributed by atoms with Gasteiger partial charge in [-0.25, -0.2) is 0 Å². The van der Waals surface area contributed by atoms with Gasteiger partial charge in [0, 0.05) is 31.0 Å². The molecule has 0 fully saturated rings. The maximum atomic E-state index is 3.49. The van der Waals surface area contributed by atoms with Crippen LogP contribution in [0.4, 0.5) is 0 Å². The van der Waals surface area contributed by atoms with E-state index in [0.717, 1.165) is 19.6 Å². The molecule has 1 aliphatic rings. The zero-order valence-corrected chi connectivity index (χ0v) is 11.2. The third-order valence-corrected chi connectivity index (χ3v) is 3.64.